The van der Waals surface area contributed by atoms with Gasteiger partial charge in [0.2, 0.25) is 0 Å². The summed E-state index contributed by atoms with van der Waals surface area (Å²) in [7, 11) is 0. The molecule has 154 valence electrons. The topological polar surface area (TPSA) is 47.6 Å². The van der Waals surface area contributed by atoms with Gasteiger partial charge in [-0.15, -0.1) is 0 Å². The Morgan fingerprint density at radius 2 is 0.853 bits per heavy atom. The molecule has 0 atom stereocenters. The number of nitriles is 2. The molecule has 0 spiro atoms. The molecule has 2 nitrogen and oxygen atoms in total. The molecule has 1 aliphatic rings. The molecule has 2 heteroatoms. The summed E-state index contributed by atoms with van der Waals surface area (Å²) in [4.78, 5) is 0. The van der Waals surface area contributed by atoms with E-state index < -0.39 is 0 Å². The Morgan fingerprint density at radius 1 is 0.441 bits per heavy atom. The van der Waals surface area contributed by atoms with Crippen molar-refractivity contribution in [3.63, 3.8) is 0 Å². The van der Waals surface area contributed by atoms with Gasteiger partial charge in [-0.2, -0.15) is 10.5 Å². The summed E-state index contributed by atoms with van der Waals surface area (Å²) in [6.07, 6.45) is 0. The molecule has 0 radical (unpaired) electrons. The lowest BCUT2D eigenvalue weighted by Crippen LogP contribution is -1.89. The third-order valence-corrected chi connectivity index (χ3v) is 5.59. The fraction of sp³-hybridized carbons (Fsp3) is 0. The molecule has 0 amide bonds. The Balaban J connectivity index is 1.61. The molecule has 0 saturated heterocycles. The smallest absolute Gasteiger partial charge is 0.138 e. The maximum absolute atomic E-state index is 9.69. The molecule has 5 rings (SSSR count). The maximum atomic E-state index is 9.69. The van der Waals surface area contributed by atoms with Gasteiger partial charge in [-0.3, -0.25) is 0 Å². The Bertz CT molecular complexity index is 1530. The van der Waals surface area contributed by atoms with Crippen LogP contribution in [0.3, 0.4) is 0 Å². The van der Waals surface area contributed by atoms with Crippen LogP contribution in [0.2, 0.25) is 0 Å². The van der Waals surface area contributed by atoms with E-state index in [1.54, 1.807) is 0 Å². The van der Waals surface area contributed by atoms with Crippen molar-refractivity contribution in [1.82, 2.24) is 0 Å². The molecule has 0 N–H and O–H groups in total. The first-order valence-corrected chi connectivity index (χ1v) is 10.7. The second-order valence-corrected chi connectivity index (χ2v) is 7.73. The summed E-state index contributed by atoms with van der Waals surface area (Å²) in [5, 5.41) is 19.4. The minimum atomic E-state index is 0.0846. The summed E-state index contributed by atoms with van der Waals surface area (Å²) in [6.45, 7) is 0. The lowest BCUT2D eigenvalue weighted by molar-refractivity contribution is 1.46. The zero-order chi connectivity index (χ0) is 23.3. The number of hydrogen-bond donors (Lipinski definition) is 0. The van der Waals surface area contributed by atoms with Gasteiger partial charge in [-0.1, -0.05) is 72.2 Å². The van der Waals surface area contributed by atoms with Gasteiger partial charge in [-0.05, 0) is 70.8 Å². The van der Waals surface area contributed by atoms with Crippen molar-refractivity contribution in [2.45, 2.75) is 0 Å². The van der Waals surface area contributed by atoms with Crippen molar-refractivity contribution >= 4 is 5.57 Å². The van der Waals surface area contributed by atoms with Gasteiger partial charge in [0, 0.05) is 27.8 Å². The van der Waals surface area contributed by atoms with E-state index in [1.807, 2.05) is 97.1 Å². The van der Waals surface area contributed by atoms with E-state index in [-0.39, 0.29) is 5.57 Å². The predicted octanol–water partition coefficient (Wildman–Crippen LogP) is 6.32. The molecule has 4 aromatic rings. The Kier molecular flexibility index (Phi) is 5.50. The normalized spacial score (nSPS) is 10.4. The van der Waals surface area contributed by atoms with E-state index in [2.05, 4.69) is 35.8 Å². The molecule has 0 heterocycles. The van der Waals surface area contributed by atoms with E-state index >= 15 is 0 Å². The Hall–Kier alpha value is -5.28. The molecule has 0 bridgehead atoms. The summed E-state index contributed by atoms with van der Waals surface area (Å²) in [5.41, 5.74) is 7.91. The summed E-state index contributed by atoms with van der Waals surface area (Å²) >= 11 is 0. The summed E-state index contributed by atoms with van der Waals surface area (Å²) in [6, 6.07) is 35.6. The highest BCUT2D eigenvalue weighted by molar-refractivity contribution is 6.04. The molecule has 0 aromatic heterocycles. The third kappa shape index (κ3) is 3.97. The third-order valence-electron chi connectivity index (χ3n) is 5.59. The first-order chi connectivity index (χ1) is 16.8. The fourth-order valence-corrected chi connectivity index (χ4v) is 4.01. The standard InChI is InChI=1S/C32H16N2/c33-21-27(22-34)32-30-19-25(13-11-23-7-3-1-4-8-23)15-17-28(30)29-18-16-26(20-31(29)32)14-12-24-9-5-2-6-10-24/h1-10,15-20H. The number of fused-ring (bicyclic) bond motifs is 3. The van der Waals surface area contributed by atoms with Gasteiger partial charge < -0.3 is 0 Å². The van der Waals surface area contributed by atoms with E-state index in [0.717, 1.165) is 44.5 Å². The molecule has 34 heavy (non-hydrogen) atoms. The van der Waals surface area contributed by atoms with Gasteiger partial charge in [0.1, 0.15) is 17.7 Å². The van der Waals surface area contributed by atoms with Crippen LogP contribution in [0.15, 0.2) is 103 Å². The second-order valence-electron chi connectivity index (χ2n) is 7.73. The van der Waals surface area contributed by atoms with E-state index in [4.69, 9.17) is 0 Å². The van der Waals surface area contributed by atoms with E-state index in [0.29, 0.717) is 5.57 Å². The highest BCUT2D eigenvalue weighted by atomic mass is 14.3. The number of hydrogen-bond acceptors (Lipinski definition) is 2. The molecular formula is C32H16N2. The SMILES string of the molecule is N#CC(C#N)=C1c2cc(C#Cc3ccccc3)ccc2-c2ccc(C#Cc3ccccc3)cc21. The van der Waals surface area contributed by atoms with Gasteiger partial charge in [0.25, 0.3) is 0 Å². The quantitative estimate of drug-likeness (QED) is 0.214. The summed E-state index contributed by atoms with van der Waals surface area (Å²) in [5.74, 6) is 12.7. The van der Waals surface area contributed by atoms with Gasteiger partial charge in [0.05, 0.1) is 0 Å². The van der Waals surface area contributed by atoms with Gasteiger partial charge in [0.15, 0.2) is 0 Å². The zero-order valence-electron chi connectivity index (χ0n) is 18.1. The largest absolute Gasteiger partial charge is 0.192 e. The average Bonchev–Trinajstić information content (AvgIpc) is 3.21. The number of allylic oxidation sites excluding steroid dienone is 1. The van der Waals surface area contributed by atoms with Crippen LogP contribution in [0.25, 0.3) is 16.7 Å². The minimum absolute atomic E-state index is 0.0846. The first-order valence-electron chi connectivity index (χ1n) is 10.7. The van der Waals surface area contributed by atoms with Crippen LogP contribution in [0.4, 0.5) is 0 Å². The van der Waals surface area contributed by atoms with Crippen molar-refractivity contribution in [3.05, 3.63) is 136 Å². The van der Waals surface area contributed by atoms with Crippen molar-refractivity contribution < 1.29 is 0 Å². The molecule has 1 aliphatic carbocycles. The molecule has 0 unspecified atom stereocenters. The predicted molar refractivity (Wildman–Crippen MR) is 134 cm³/mol. The average molecular weight is 428 g/mol. The zero-order valence-corrected chi connectivity index (χ0v) is 18.1. The lowest BCUT2D eigenvalue weighted by Gasteiger charge is -2.03. The number of benzene rings is 4. The van der Waals surface area contributed by atoms with Crippen LogP contribution < -0.4 is 0 Å². The Labute approximate surface area is 199 Å². The summed E-state index contributed by atoms with van der Waals surface area (Å²) < 4.78 is 0. The van der Waals surface area contributed by atoms with Crippen LogP contribution in [-0.4, -0.2) is 0 Å². The van der Waals surface area contributed by atoms with Crippen molar-refractivity contribution in [1.29, 1.82) is 10.5 Å². The van der Waals surface area contributed by atoms with Crippen LogP contribution in [0, 0.1) is 46.3 Å². The highest BCUT2D eigenvalue weighted by Gasteiger charge is 2.27. The number of nitrogens with zero attached hydrogens (tertiary/aromatic N) is 2. The number of rotatable bonds is 0. The molecule has 0 fully saturated rings. The van der Waals surface area contributed by atoms with E-state index in [1.165, 1.54) is 0 Å². The van der Waals surface area contributed by atoms with Crippen LogP contribution in [0.5, 0.6) is 0 Å². The van der Waals surface area contributed by atoms with Crippen molar-refractivity contribution in [2.75, 3.05) is 0 Å². The monoisotopic (exact) mass is 428 g/mol. The molecule has 4 aromatic carbocycles. The maximum Gasteiger partial charge on any atom is 0.138 e. The minimum Gasteiger partial charge on any atom is -0.192 e. The molecule has 0 aliphatic heterocycles. The second kappa shape index (κ2) is 9.07. The highest BCUT2D eigenvalue weighted by Crippen LogP contribution is 2.46. The van der Waals surface area contributed by atoms with Gasteiger partial charge >= 0.3 is 0 Å². The van der Waals surface area contributed by atoms with Crippen LogP contribution in [0.1, 0.15) is 33.4 Å². The van der Waals surface area contributed by atoms with Crippen LogP contribution in [-0.2, 0) is 0 Å². The van der Waals surface area contributed by atoms with Crippen LogP contribution >= 0.6 is 0 Å². The van der Waals surface area contributed by atoms with Crippen molar-refractivity contribution in [2.24, 2.45) is 0 Å². The van der Waals surface area contributed by atoms with Gasteiger partial charge in [-0.25, -0.2) is 0 Å². The van der Waals surface area contributed by atoms with Crippen molar-refractivity contribution in [3.8, 4) is 46.9 Å². The molecular weight excluding hydrogens is 412 g/mol. The van der Waals surface area contributed by atoms with E-state index in [9.17, 15) is 10.5 Å². The lowest BCUT2D eigenvalue weighted by atomic mass is 9.97. The Morgan fingerprint density at radius 3 is 1.26 bits per heavy atom. The fourth-order valence-electron chi connectivity index (χ4n) is 4.01. The first kappa shape index (κ1) is 20.6. The molecule has 0 saturated carbocycles.